The van der Waals surface area contributed by atoms with Gasteiger partial charge >= 0.3 is 0 Å². The zero-order valence-electron chi connectivity index (χ0n) is 8.80. The summed E-state index contributed by atoms with van der Waals surface area (Å²) in [6, 6.07) is 1.92. The van der Waals surface area contributed by atoms with Crippen LogP contribution in [0.15, 0.2) is 32.2 Å². The molecule has 2 aromatic heterocycles. The van der Waals surface area contributed by atoms with E-state index in [2.05, 4.69) is 20.3 Å². The summed E-state index contributed by atoms with van der Waals surface area (Å²) in [5, 5.41) is 6.67. The number of aromatic nitrogens is 3. The lowest BCUT2D eigenvalue weighted by molar-refractivity contribution is 0.896. The van der Waals surface area contributed by atoms with Gasteiger partial charge in [-0.05, 0) is 18.0 Å². The minimum Gasteiger partial charge on any atom is -0.373 e. The molecule has 4 nitrogen and oxygen atoms in total. The zero-order chi connectivity index (χ0) is 11.4. The number of thioether (sulfide) groups is 1. The van der Waals surface area contributed by atoms with Gasteiger partial charge in [0, 0.05) is 24.7 Å². The van der Waals surface area contributed by atoms with Crippen molar-refractivity contribution in [3.63, 3.8) is 0 Å². The maximum Gasteiger partial charge on any atom is 0.190 e. The Labute approximate surface area is 106 Å². The second-order valence-electron chi connectivity index (χ2n) is 2.73. The highest BCUT2D eigenvalue weighted by Crippen LogP contribution is 2.29. The van der Waals surface area contributed by atoms with E-state index in [-0.39, 0.29) is 0 Å². The van der Waals surface area contributed by atoms with E-state index in [4.69, 9.17) is 0 Å². The number of nitrogens with zero attached hydrogens (tertiary/aromatic N) is 3. The molecule has 0 radical (unpaired) electrons. The first-order valence-electron chi connectivity index (χ1n) is 4.50. The standard InChI is InChI=1S/C9H10N4S3/c1-10-6-5-7(13-8(12-6)14-2)16-9-11-3-4-15-9/h3-5H,1-2H3,(H,10,12,13). The summed E-state index contributed by atoms with van der Waals surface area (Å²) in [6.45, 7) is 0. The molecular weight excluding hydrogens is 260 g/mol. The van der Waals surface area contributed by atoms with Crippen LogP contribution in [0.3, 0.4) is 0 Å². The Kier molecular flexibility index (Phi) is 4.03. The first kappa shape index (κ1) is 11.7. The Morgan fingerprint density at radius 2 is 2.25 bits per heavy atom. The lowest BCUT2D eigenvalue weighted by Gasteiger charge is -2.04. The SMILES string of the molecule is CNc1cc(Sc2nccs2)nc(SC)n1. The molecule has 2 heterocycles. The van der Waals surface area contributed by atoms with Gasteiger partial charge in [-0.1, -0.05) is 11.8 Å². The van der Waals surface area contributed by atoms with Gasteiger partial charge in [0.1, 0.15) is 10.8 Å². The minimum absolute atomic E-state index is 0.769. The Hall–Kier alpha value is -0.790. The van der Waals surface area contributed by atoms with Crippen LogP contribution in [0.4, 0.5) is 5.82 Å². The summed E-state index contributed by atoms with van der Waals surface area (Å²) < 4.78 is 0.993. The molecule has 0 bridgehead atoms. The van der Waals surface area contributed by atoms with E-state index >= 15 is 0 Å². The molecule has 0 aliphatic carbocycles. The van der Waals surface area contributed by atoms with Crippen molar-refractivity contribution >= 4 is 40.7 Å². The van der Waals surface area contributed by atoms with Crippen molar-refractivity contribution in [2.75, 3.05) is 18.6 Å². The Balaban J connectivity index is 2.26. The van der Waals surface area contributed by atoms with E-state index in [1.165, 1.54) is 11.8 Å². The van der Waals surface area contributed by atoms with Crippen LogP contribution in [-0.4, -0.2) is 28.3 Å². The average Bonchev–Trinajstić information content (AvgIpc) is 2.81. The maximum atomic E-state index is 4.42. The van der Waals surface area contributed by atoms with Crippen LogP contribution in [0.25, 0.3) is 0 Å². The highest BCUT2D eigenvalue weighted by Gasteiger charge is 2.06. The molecule has 1 N–H and O–H groups in total. The van der Waals surface area contributed by atoms with E-state index in [1.54, 1.807) is 29.3 Å². The first-order chi connectivity index (χ1) is 7.81. The summed E-state index contributed by atoms with van der Waals surface area (Å²) in [4.78, 5) is 12.9. The normalized spacial score (nSPS) is 10.4. The van der Waals surface area contributed by atoms with Crippen LogP contribution in [-0.2, 0) is 0 Å². The van der Waals surface area contributed by atoms with Gasteiger partial charge in [-0.25, -0.2) is 15.0 Å². The van der Waals surface area contributed by atoms with E-state index in [9.17, 15) is 0 Å². The largest absolute Gasteiger partial charge is 0.373 e. The van der Waals surface area contributed by atoms with Gasteiger partial charge in [-0.3, -0.25) is 0 Å². The molecule has 0 saturated heterocycles. The second-order valence-corrected chi connectivity index (χ2v) is 5.66. The fraction of sp³-hybridized carbons (Fsp3) is 0.222. The van der Waals surface area contributed by atoms with Crippen molar-refractivity contribution in [1.29, 1.82) is 0 Å². The van der Waals surface area contributed by atoms with Crippen LogP contribution in [0.5, 0.6) is 0 Å². The van der Waals surface area contributed by atoms with Gasteiger partial charge in [0.2, 0.25) is 0 Å². The van der Waals surface area contributed by atoms with Gasteiger partial charge in [0.25, 0.3) is 0 Å². The van der Waals surface area contributed by atoms with Gasteiger partial charge < -0.3 is 5.32 Å². The summed E-state index contributed by atoms with van der Waals surface area (Å²) in [6.07, 6.45) is 3.76. The minimum atomic E-state index is 0.769. The predicted molar refractivity (Wildman–Crippen MR) is 69.6 cm³/mol. The highest BCUT2D eigenvalue weighted by molar-refractivity contribution is 8.01. The van der Waals surface area contributed by atoms with Crippen LogP contribution in [0.2, 0.25) is 0 Å². The molecule has 0 spiro atoms. The fourth-order valence-electron chi connectivity index (χ4n) is 1.03. The quantitative estimate of drug-likeness (QED) is 0.524. The molecule has 7 heteroatoms. The van der Waals surface area contributed by atoms with Crippen LogP contribution < -0.4 is 5.32 Å². The lowest BCUT2D eigenvalue weighted by atomic mass is 10.6. The molecule has 0 fully saturated rings. The van der Waals surface area contributed by atoms with Gasteiger partial charge in [-0.15, -0.1) is 11.3 Å². The molecule has 0 atom stereocenters. The number of hydrogen-bond acceptors (Lipinski definition) is 7. The molecule has 0 saturated carbocycles. The van der Waals surface area contributed by atoms with Gasteiger partial charge in [-0.2, -0.15) is 0 Å². The van der Waals surface area contributed by atoms with E-state index in [1.807, 2.05) is 24.7 Å². The second kappa shape index (κ2) is 5.51. The number of thiazole rings is 1. The molecule has 0 aromatic carbocycles. The molecule has 2 aromatic rings. The van der Waals surface area contributed by atoms with Crippen molar-refractivity contribution in [1.82, 2.24) is 15.0 Å². The summed E-state index contributed by atoms with van der Waals surface area (Å²) in [7, 11) is 1.85. The van der Waals surface area contributed by atoms with Crippen molar-refractivity contribution in [2.45, 2.75) is 14.5 Å². The molecule has 0 aliphatic rings. The fourth-order valence-corrected chi connectivity index (χ4v) is 3.03. The average molecular weight is 270 g/mol. The van der Waals surface area contributed by atoms with Gasteiger partial charge in [0.15, 0.2) is 9.50 Å². The van der Waals surface area contributed by atoms with Crippen molar-refractivity contribution in [3.8, 4) is 0 Å². The Morgan fingerprint density at radius 1 is 1.38 bits per heavy atom. The molecule has 16 heavy (non-hydrogen) atoms. The number of nitrogens with one attached hydrogen (secondary N) is 1. The molecule has 84 valence electrons. The van der Waals surface area contributed by atoms with Crippen molar-refractivity contribution in [3.05, 3.63) is 17.6 Å². The maximum absolute atomic E-state index is 4.42. The monoisotopic (exact) mass is 270 g/mol. The third-order valence-electron chi connectivity index (χ3n) is 1.72. The first-order valence-corrected chi connectivity index (χ1v) is 7.42. The van der Waals surface area contributed by atoms with Gasteiger partial charge in [0.05, 0.1) is 0 Å². The smallest absolute Gasteiger partial charge is 0.190 e. The van der Waals surface area contributed by atoms with E-state index in [0.717, 1.165) is 20.3 Å². The van der Waals surface area contributed by atoms with Crippen molar-refractivity contribution < 1.29 is 0 Å². The van der Waals surface area contributed by atoms with Crippen LogP contribution >= 0.6 is 34.9 Å². The third kappa shape index (κ3) is 2.87. The Morgan fingerprint density at radius 3 is 2.88 bits per heavy atom. The third-order valence-corrected chi connectivity index (χ3v) is 4.07. The number of rotatable bonds is 4. The molecule has 0 amide bonds. The Bertz CT molecular complexity index is 436. The lowest BCUT2D eigenvalue weighted by Crippen LogP contribution is -1.96. The predicted octanol–water partition coefficient (Wildman–Crippen LogP) is 2.85. The molecular formula is C9H10N4S3. The molecule has 0 aliphatic heterocycles. The molecule has 2 rings (SSSR count). The van der Waals surface area contributed by atoms with E-state index in [0.29, 0.717) is 0 Å². The number of hydrogen-bond donors (Lipinski definition) is 1. The van der Waals surface area contributed by atoms with Crippen LogP contribution in [0.1, 0.15) is 0 Å². The summed E-state index contributed by atoms with van der Waals surface area (Å²) in [5.74, 6) is 0.832. The molecule has 0 unspecified atom stereocenters. The zero-order valence-corrected chi connectivity index (χ0v) is 11.2. The topological polar surface area (TPSA) is 50.7 Å². The van der Waals surface area contributed by atoms with Crippen LogP contribution in [0, 0.1) is 0 Å². The van der Waals surface area contributed by atoms with Crippen molar-refractivity contribution in [2.24, 2.45) is 0 Å². The van der Waals surface area contributed by atoms with E-state index < -0.39 is 0 Å². The summed E-state index contributed by atoms with van der Waals surface area (Å²) in [5.41, 5.74) is 0. The summed E-state index contributed by atoms with van der Waals surface area (Å²) >= 11 is 4.70. The number of anilines is 1. The highest BCUT2D eigenvalue weighted by atomic mass is 32.2.